The maximum Gasteiger partial charge on any atom is 0.193 e. The first-order valence-electron chi connectivity index (χ1n) is 9.66. The molecular weight excluding hydrogens is 437 g/mol. The largest absolute Gasteiger partial charge is 0.357 e. The highest BCUT2D eigenvalue weighted by Gasteiger charge is 2.43. The van der Waals surface area contributed by atoms with Gasteiger partial charge >= 0.3 is 0 Å². The number of nitrogens with one attached hydrogen (secondary N) is 1. The van der Waals surface area contributed by atoms with Crippen LogP contribution < -0.4 is 5.32 Å². The lowest BCUT2D eigenvalue weighted by molar-refractivity contribution is 0.151. The van der Waals surface area contributed by atoms with Gasteiger partial charge in [-0.05, 0) is 50.2 Å². The monoisotopic (exact) mass is 467 g/mol. The number of nitrogens with zero attached hydrogens (tertiary/aromatic N) is 4. The summed E-state index contributed by atoms with van der Waals surface area (Å²) in [4.78, 5) is 12.1. The second-order valence-corrected chi connectivity index (χ2v) is 7.67. The minimum Gasteiger partial charge on any atom is -0.357 e. The summed E-state index contributed by atoms with van der Waals surface area (Å²) in [6.45, 7) is 8.31. The molecule has 1 saturated carbocycles. The molecule has 4 rings (SSSR count). The van der Waals surface area contributed by atoms with Gasteiger partial charge in [-0.25, -0.2) is 4.98 Å². The topological polar surface area (TPSA) is 44.9 Å². The van der Waals surface area contributed by atoms with E-state index < -0.39 is 0 Å². The maximum absolute atomic E-state index is 4.89. The molecule has 3 heterocycles. The molecule has 0 atom stereocenters. The van der Waals surface area contributed by atoms with Crippen LogP contribution in [0.4, 0.5) is 0 Å². The first kappa shape index (κ1) is 19.5. The standard InChI is InChI=1S/C20H29N5.HI/c1-3-21-19(25-13-10-20(15-25)8-5-9-20)22-11-7-17-14-24-12-4-6-16(2)18(24)23-17;/h4,6,12,14H,3,5,7-11,13,15H2,1-2H3,(H,21,22);1H. The van der Waals surface area contributed by atoms with Crippen molar-refractivity contribution < 1.29 is 0 Å². The van der Waals surface area contributed by atoms with E-state index in [0.717, 1.165) is 43.4 Å². The molecule has 1 spiro atoms. The molecule has 5 nitrogen and oxygen atoms in total. The van der Waals surface area contributed by atoms with Gasteiger partial charge in [0.05, 0.1) is 5.69 Å². The zero-order chi connectivity index (χ0) is 17.3. The van der Waals surface area contributed by atoms with Crippen LogP contribution in [-0.4, -0.2) is 46.4 Å². The minimum atomic E-state index is 0. The van der Waals surface area contributed by atoms with Crippen LogP contribution in [0.3, 0.4) is 0 Å². The average molecular weight is 467 g/mol. The third kappa shape index (κ3) is 3.85. The molecule has 142 valence electrons. The van der Waals surface area contributed by atoms with Gasteiger partial charge in [-0.15, -0.1) is 24.0 Å². The number of hydrogen-bond donors (Lipinski definition) is 1. The second-order valence-electron chi connectivity index (χ2n) is 7.67. The number of halogens is 1. The molecular formula is C20H30IN5. The highest BCUT2D eigenvalue weighted by atomic mass is 127. The molecule has 1 saturated heterocycles. The molecule has 1 aliphatic carbocycles. The molecule has 26 heavy (non-hydrogen) atoms. The van der Waals surface area contributed by atoms with Crippen molar-refractivity contribution in [2.75, 3.05) is 26.2 Å². The Morgan fingerprint density at radius 1 is 1.35 bits per heavy atom. The molecule has 1 N–H and O–H groups in total. The van der Waals surface area contributed by atoms with Crippen LogP contribution in [-0.2, 0) is 6.42 Å². The van der Waals surface area contributed by atoms with Crippen LogP contribution in [0.15, 0.2) is 29.5 Å². The number of rotatable bonds is 4. The number of hydrogen-bond acceptors (Lipinski definition) is 2. The molecule has 2 fully saturated rings. The van der Waals surface area contributed by atoms with Crippen LogP contribution in [0.25, 0.3) is 5.65 Å². The SMILES string of the molecule is CCNC(=NCCc1cn2cccc(C)c2n1)N1CCC2(CCC2)C1.I. The molecule has 0 aromatic carbocycles. The van der Waals surface area contributed by atoms with E-state index in [-0.39, 0.29) is 24.0 Å². The highest BCUT2D eigenvalue weighted by Crippen LogP contribution is 2.47. The summed E-state index contributed by atoms with van der Waals surface area (Å²) < 4.78 is 2.11. The smallest absolute Gasteiger partial charge is 0.193 e. The number of aliphatic imine (C=N–C) groups is 1. The number of likely N-dealkylation sites (tertiary alicyclic amines) is 1. The number of imidazole rings is 1. The number of aryl methyl sites for hydroxylation is 1. The first-order valence-corrected chi connectivity index (χ1v) is 9.66. The van der Waals surface area contributed by atoms with E-state index in [9.17, 15) is 0 Å². The Kier molecular flexibility index (Phi) is 6.10. The van der Waals surface area contributed by atoms with Crippen molar-refractivity contribution in [3.8, 4) is 0 Å². The zero-order valence-corrected chi connectivity index (χ0v) is 18.2. The lowest BCUT2D eigenvalue weighted by Gasteiger charge is -2.38. The van der Waals surface area contributed by atoms with Crippen LogP contribution >= 0.6 is 24.0 Å². The van der Waals surface area contributed by atoms with E-state index >= 15 is 0 Å². The molecule has 0 unspecified atom stereocenters. The van der Waals surface area contributed by atoms with Crippen LogP contribution in [0.1, 0.15) is 43.9 Å². The van der Waals surface area contributed by atoms with Crippen LogP contribution in [0.2, 0.25) is 0 Å². The van der Waals surface area contributed by atoms with Gasteiger partial charge in [0.15, 0.2) is 5.96 Å². The van der Waals surface area contributed by atoms with E-state index in [2.05, 4.69) is 53.0 Å². The molecule has 0 radical (unpaired) electrons. The van der Waals surface area contributed by atoms with Gasteiger partial charge in [0, 0.05) is 45.0 Å². The Hall–Kier alpha value is -1.31. The molecule has 0 bridgehead atoms. The average Bonchev–Trinajstić information content (AvgIpc) is 3.19. The molecule has 0 amide bonds. The number of aromatic nitrogens is 2. The molecule has 1 aliphatic heterocycles. The van der Waals surface area contributed by atoms with E-state index in [0.29, 0.717) is 5.41 Å². The lowest BCUT2D eigenvalue weighted by Crippen LogP contribution is -2.42. The van der Waals surface area contributed by atoms with E-state index in [1.165, 1.54) is 37.8 Å². The lowest BCUT2D eigenvalue weighted by atomic mass is 9.68. The first-order chi connectivity index (χ1) is 12.2. The Morgan fingerprint density at radius 3 is 2.85 bits per heavy atom. The maximum atomic E-state index is 4.89. The summed E-state index contributed by atoms with van der Waals surface area (Å²) in [5.74, 6) is 1.09. The van der Waals surface area contributed by atoms with Crippen molar-refractivity contribution in [3.63, 3.8) is 0 Å². The number of guanidine groups is 1. The Morgan fingerprint density at radius 2 is 2.19 bits per heavy atom. The summed E-state index contributed by atoms with van der Waals surface area (Å²) in [5, 5.41) is 3.48. The van der Waals surface area contributed by atoms with Crippen LogP contribution in [0.5, 0.6) is 0 Å². The third-order valence-corrected chi connectivity index (χ3v) is 5.84. The van der Waals surface area contributed by atoms with Crippen molar-refractivity contribution in [2.45, 2.75) is 46.0 Å². The molecule has 2 aliphatic rings. The molecule has 2 aromatic heterocycles. The quantitative estimate of drug-likeness (QED) is 0.424. The van der Waals surface area contributed by atoms with Gasteiger partial charge in [0.2, 0.25) is 0 Å². The summed E-state index contributed by atoms with van der Waals surface area (Å²) in [7, 11) is 0. The van der Waals surface area contributed by atoms with Gasteiger partial charge in [-0.1, -0.05) is 12.5 Å². The predicted octanol–water partition coefficient (Wildman–Crippen LogP) is 3.64. The van der Waals surface area contributed by atoms with Gasteiger partial charge < -0.3 is 14.6 Å². The Bertz CT molecular complexity index is 778. The van der Waals surface area contributed by atoms with Crippen molar-refractivity contribution >= 4 is 35.6 Å². The normalized spacial score (nSPS) is 18.8. The fourth-order valence-corrected chi connectivity index (χ4v) is 4.23. The summed E-state index contributed by atoms with van der Waals surface area (Å²) in [5.41, 5.74) is 3.99. The fraction of sp³-hybridized carbons (Fsp3) is 0.600. The summed E-state index contributed by atoms with van der Waals surface area (Å²) >= 11 is 0. The predicted molar refractivity (Wildman–Crippen MR) is 118 cm³/mol. The molecule has 2 aromatic rings. The summed E-state index contributed by atoms with van der Waals surface area (Å²) in [6, 6.07) is 4.18. The number of fused-ring (bicyclic) bond motifs is 1. The van der Waals surface area contributed by atoms with Gasteiger partial charge in [-0.2, -0.15) is 0 Å². The van der Waals surface area contributed by atoms with Crippen LogP contribution in [0, 0.1) is 12.3 Å². The third-order valence-electron chi connectivity index (χ3n) is 5.84. The Labute approximate surface area is 173 Å². The highest BCUT2D eigenvalue weighted by molar-refractivity contribution is 14.0. The minimum absolute atomic E-state index is 0. The van der Waals surface area contributed by atoms with Crippen molar-refractivity contribution in [1.29, 1.82) is 0 Å². The van der Waals surface area contributed by atoms with Crippen molar-refractivity contribution in [3.05, 3.63) is 35.8 Å². The number of pyridine rings is 1. The van der Waals surface area contributed by atoms with Crippen molar-refractivity contribution in [2.24, 2.45) is 10.4 Å². The zero-order valence-electron chi connectivity index (χ0n) is 15.9. The van der Waals surface area contributed by atoms with Crippen molar-refractivity contribution in [1.82, 2.24) is 19.6 Å². The van der Waals surface area contributed by atoms with Gasteiger partial charge in [0.1, 0.15) is 5.65 Å². The van der Waals surface area contributed by atoms with Gasteiger partial charge in [0.25, 0.3) is 0 Å². The Balaban J connectivity index is 0.00000196. The summed E-state index contributed by atoms with van der Waals surface area (Å²) in [6.07, 6.45) is 10.6. The van der Waals surface area contributed by atoms with E-state index in [1.54, 1.807) is 0 Å². The second kappa shape index (κ2) is 8.15. The van der Waals surface area contributed by atoms with Gasteiger partial charge in [-0.3, -0.25) is 4.99 Å². The fourth-order valence-electron chi connectivity index (χ4n) is 4.23. The molecule has 6 heteroatoms. The van der Waals surface area contributed by atoms with E-state index in [1.807, 2.05) is 0 Å². The van der Waals surface area contributed by atoms with E-state index in [4.69, 9.17) is 9.98 Å².